The molecule has 11 rings (SSSR count). The largest absolute Gasteiger partial charge is 0.140 e. The van der Waals surface area contributed by atoms with E-state index in [1.165, 1.54) is 262 Å². The van der Waals surface area contributed by atoms with Crippen LogP contribution in [0.3, 0.4) is 0 Å². The molecular formula is C49H59B29. The predicted molar refractivity (Wildman–Crippen MR) is 446 cm³/mol. The highest BCUT2D eigenvalue weighted by molar-refractivity contribution is 6.78. The highest BCUT2D eigenvalue weighted by atomic mass is 14.3. The minimum Gasteiger partial charge on any atom is -0.105 e. The minimum absolute atomic E-state index is 0.186. The zero-order chi connectivity index (χ0) is 57.3. The molecular weight excluding hydrogens is 902 g/mol. The Balaban J connectivity index is 1.19. The fourth-order valence-corrected chi connectivity index (χ4v) is 17.2. The Labute approximate surface area is 491 Å². The van der Waals surface area contributed by atoms with Crippen molar-refractivity contribution in [3.8, 4) is 22.3 Å². The molecule has 342 valence electrons. The molecule has 0 N–H and O–H groups in total. The molecule has 1 aliphatic rings. The summed E-state index contributed by atoms with van der Waals surface area (Å²) in [6.45, 7) is 0. The maximum absolute atomic E-state index is 2.49. The highest BCUT2D eigenvalue weighted by Crippen LogP contribution is 2.45. The summed E-state index contributed by atoms with van der Waals surface area (Å²) in [6.07, 6.45) is 0. The van der Waals surface area contributed by atoms with Crippen LogP contribution in [-0.4, -0.2) is 228 Å². The molecule has 0 nitrogen and oxygen atoms in total. The van der Waals surface area contributed by atoms with Gasteiger partial charge in [-0.1, -0.05) is 137 Å². The monoisotopic (exact) mass is 967 g/mol. The maximum atomic E-state index is 2.49. The second kappa shape index (κ2) is 18.3. The molecule has 0 saturated heterocycles. The van der Waals surface area contributed by atoms with E-state index in [0.29, 0.717) is 0 Å². The van der Waals surface area contributed by atoms with Gasteiger partial charge in [-0.2, -0.15) is 0 Å². The summed E-state index contributed by atoms with van der Waals surface area (Å²) in [6, 6.07) is 0. The maximum Gasteiger partial charge on any atom is 0.140 e. The van der Waals surface area contributed by atoms with Crippen molar-refractivity contribution in [1.29, 1.82) is 0 Å². The van der Waals surface area contributed by atoms with Gasteiger partial charge < -0.3 is 0 Å². The normalized spacial score (nSPS) is 14.1. The van der Waals surface area contributed by atoms with Gasteiger partial charge >= 0.3 is 0 Å². The summed E-state index contributed by atoms with van der Waals surface area (Å²) in [4.78, 5) is 0. The van der Waals surface area contributed by atoms with Crippen molar-refractivity contribution in [1.82, 2.24) is 0 Å². The van der Waals surface area contributed by atoms with E-state index in [4.69, 9.17) is 0 Å². The lowest BCUT2D eigenvalue weighted by atomic mass is 9.55. The third-order valence-electron chi connectivity index (χ3n) is 23.2. The Morgan fingerprint density at radius 1 is 0.154 bits per heavy atom. The number of rotatable bonds is 4. The molecule has 10 aromatic rings. The Bertz CT molecular complexity index is 4570. The molecule has 0 amide bonds. The number of hydrogen-bond acceptors (Lipinski definition) is 0. The van der Waals surface area contributed by atoms with Gasteiger partial charge in [0, 0.05) is 5.92 Å². The molecule has 1 atom stereocenters. The third-order valence-corrected chi connectivity index (χ3v) is 23.2. The fourth-order valence-electron chi connectivity index (χ4n) is 17.2. The number of benzene rings is 10. The first-order valence-electron chi connectivity index (χ1n) is 29.4. The zero-order valence-corrected chi connectivity index (χ0v) is 53.6. The molecule has 10 aromatic carbocycles. The Kier molecular flexibility index (Phi) is 13.0. The summed E-state index contributed by atoms with van der Waals surface area (Å²) in [5.74, 6) is 0.186. The van der Waals surface area contributed by atoms with Crippen LogP contribution in [0.1, 0.15) is 17.0 Å². The van der Waals surface area contributed by atoms with E-state index >= 15 is 0 Å². The van der Waals surface area contributed by atoms with E-state index in [9.17, 15) is 0 Å². The van der Waals surface area contributed by atoms with Crippen LogP contribution in [0, 0.1) is 0 Å². The quantitative estimate of drug-likeness (QED) is 0.122. The molecule has 0 heterocycles. The predicted octanol–water partition coefficient (Wildman–Crippen LogP) is -34.8. The SMILES string of the molecule is BC1=C(B)C(c2c(B)c(B)c3c(B)c(B)c4c(B)c(B)c(B)c5c(B)c(B)c2c3c45)C(B)=C1c1c(B)c(B)c(-c2c(B)c(B)c(B)c(-c3c(B)c(B)c4c(B)c(B)c5c(B)c(B)c(B)c6c(B)c(B)c3c4c56)c2B)c(B)c1B. The molecule has 0 aliphatic heterocycles. The van der Waals surface area contributed by atoms with Gasteiger partial charge in [0.2, 0.25) is 0 Å². The van der Waals surface area contributed by atoms with Gasteiger partial charge in [-0.15, -0.1) is 21.9 Å². The van der Waals surface area contributed by atoms with E-state index in [0.717, 1.165) is 0 Å². The molecule has 0 radical (unpaired) electrons. The Hall–Kier alpha value is -4.36. The highest BCUT2D eigenvalue weighted by Gasteiger charge is 2.36. The van der Waals surface area contributed by atoms with Crippen LogP contribution >= 0.6 is 0 Å². The zero-order valence-electron chi connectivity index (χ0n) is 53.6. The molecule has 1 unspecified atom stereocenters. The minimum atomic E-state index is 0.186. The molecule has 29 heteroatoms. The van der Waals surface area contributed by atoms with E-state index < -0.39 is 0 Å². The van der Waals surface area contributed by atoms with Crippen LogP contribution in [0.2, 0.25) is 0 Å². The summed E-state index contributed by atoms with van der Waals surface area (Å²) in [7, 11) is 69.9. The average molecular weight is 962 g/mol. The van der Waals surface area contributed by atoms with Crippen molar-refractivity contribution in [3.63, 3.8) is 0 Å². The molecule has 0 saturated carbocycles. The van der Waals surface area contributed by atoms with Gasteiger partial charge in [0.15, 0.2) is 0 Å². The lowest BCUT2D eigenvalue weighted by molar-refractivity contribution is 1.09. The average Bonchev–Trinajstić information content (AvgIpc) is 3.77. The van der Waals surface area contributed by atoms with Crippen LogP contribution in [0.5, 0.6) is 0 Å². The third kappa shape index (κ3) is 6.66. The topological polar surface area (TPSA) is 0 Å². The standard InChI is InChI=1S/C49H59B29/c50-21-15(7-5-1-3-11(29(58)23(5)52)41(70)47(76)43(72)13(3)33(62)31(60)9(1)27(56)25(7)54)35(64)36(65)17(21)19-37(66)39(68)20(40(69)38(19)67)18-22(51)16(45(74)49(78)46(18)75)8-6-2-4-12(30(59)24(6)53)42(71)48(77)44(73)14(4)34(63)32(61)10(2)28(57)26(8)55/h15H,50-78H2. The first-order valence-corrected chi connectivity index (χ1v) is 29.4. The molecule has 0 aromatic heterocycles. The fraction of sp³-hybridized carbons (Fsp3) is 0.0204. The summed E-state index contributed by atoms with van der Waals surface area (Å²) >= 11 is 0. The van der Waals surface area contributed by atoms with Crippen LogP contribution < -0.4 is 142 Å². The second-order valence-electron chi connectivity index (χ2n) is 25.8. The lowest BCUT2D eigenvalue weighted by Crippen LogP contribution is -2.52. The Morgan fingerprint density at radius 3 is 0.782 bits per heavy atom. The van der Waals surface area contributed by atoms with Gasteiger partial charge in [-0.25, -0.2) is 0 Å². The van der Waals surface area contributed by atoms with Crippen molar-refractivity contribution in [2.24, 2.45) is 0 Å². The molecule has 0 bridgehead atoms. The van der Waals surface area contributed by atoms with Gasteiger partial charge in [0.05, 0.1) is 0 Å². The van der Waals surface area contributed by atoms with E-state index in [-0.39, 0.29) is 5.92 Å². The van der Waals surface area contributed by atoms with Crippen molar-refractivity contribution < 1.29 is 0 Å². The molecule has 1 aliphatic carbocycles. The van der Waals surface area contributed by atoms with Gasteiger partial charge in [0.1, 0.15) is 228 Å². The molecule has 0 fully saturated rings. The van der Waals surface area contributed by atoms with Gasteiger partial charge in [-0.3, -0.25) is 0 Å². The summed E-state index contributed by atoms with van der Waals surface area (Å²) < 4.78 is 0. The first kappa shape index (κ1) is 55.5. The lowest BCUT2D eigenvalue weighted by Gasteiger charge is -2.32. The van der Waals surface area contributed by atoms with Crippen molar-refractivity contribution in [3.05, 3.63) is 27.5 Å². The van der Waals surface area contributed by atoms with Crippen LogP contribution in [-0.2, 0) is 0 Å². The van der Waals surface area contributed by atoms with E-state index in [1.54, 1.807) is 0 Å². The van der Waals surface area contributed by atoms with Crippen molar-refractivity contribution in [2.75, 3.05) is 0 Å². The van der Waals surface area contributed by atoms with Crippen molar-refractivity contribution in [2.45, 2.75) is 5.92 Å². The molecule has 78 heavy (non-hydrogen) atoms. The smallest absolute Gasteiger partial charge is 0.105 e. The second-order valence-corrected chi connectivity index (χ2v) is 25.8. The van der Waals surface area contributed by atoms with Gasteiger partial charge in [-0.05, 0) is 104 Å². The summed E-state index contributed by atoms with van der Waals surface area (Å²) in [5.41, 5.74) is 51.6. The van der Waals surface area contributed by atoms with Crippen LogP contribution in [0.15, 0.2) is 16.4 Å². The van der Waals surface area contributed by atoms with Crippen LogP contribution in [0.25, 0.3) is 92.5 Å². The molecule has 0 spiro atoms. The first-order chi connectivity index (χ1) is 36.4. The Morgan fingerprint density at radius 2 is 0.385 bits per heavy atom. The van der Waals surface area contributed by atoms with E-state index in [1.807, 2.05) is 0 Å². The number of hydrogen-bond donors (Lipinski definition) is 0. The van der Waals surface area contributed by atoms with E-state index in [2.05, 4.69) is 228 Å². The number of allylic oxidation sites excluding steroid dienone is 4. The van der Waals surface area contributed by atoms with Crippen LogP contribution in [0.4, 0.5) is 0 Å². The summed E-state index contributed by atoms with van der Waals surface area (Å²) in [5, 5.41) is 17.7. The van der Waals surface area contributed by atoms with Crippen molar-refractivity contribution >= 4 is 440 Å². The van der Waals surface area contributed by atoms with Gasteiger partial charge in [0.25, 0.3) is 0 Å².